The third kappa shape index (κ3) is 4.77. The van der Waals surface area contributed by atoms with Crippen molar-refractivity contribution >= 4 is 0 Å². The lowest BCUT2D eigenvalue weighted by atomic mass is 10.1. The predicted molar refractivity (Wildman–Crippen MR) is 46.0 cm³/mol. The Morgan fingerprint density at radius 2 is 1.70 bits per heavy atom. The minimum atomic E-state index is 0.294. The minimum Gasteiger partial charge on any atom is -0.326 e. The highest BCUT2D eigenvalue weighted by Gasteiger charge is 2.06. The molecule has 0 saturated carbocycles. The summed E-state index contributed by atoms with van der Waals surface area (Å²) < 4.78 is 0. The van der Waals surface area contributed by atoms with Gasteiger partial charge in [-0.2, -0.15) is 0 Å². The standard InChI is InChI=1S/C8H20N2/c1-6(2)8(9)5-10-7(3)4/h6-8,10H,5,9H2,1-4H3. The van der Waals surface area contributed by atoms with E-state index in [1.165, 1.54) is 0 Å². The maximum Gasteiger partial charge on any atom is 0.0188 e. The maximum atomic E-state index is 5.80. The van der Waals surface area contributed by atoms with Crippen LogP contribution in [0.2, 0.25) is 0 Å². The summed E-state index contributed by atoms with van der Waals surface area (Å²) >= 11 is 0. The van der Waals surface area contributed by atoms with Crippen molar-refractivity contribution in [1.82, 2.24) is 5.32 Å². The van der Waals surface area contributed by atoms with Crippen LogP contribution in [0.5, 0.6) is 0 Å². The summed E-state index contributed by atoms with van der Waals surface area (Å²) in [4.78, 5) is 0. The second-order valence-corrected chi connectivity index (χ2v) is 3.47. The Morgan fingerprint density at radius 3 is 2.00 bits per heavy atom. The van der Waals surface area contributed by atoms with E-state index in [9.17, 15) is 0 Å². The lowest BCUT2D eigenvalue weighted by molar-refractivity contribution is 0.439. The second-order valence-electron chi connectivity index (χ2n) is 3.47. The molecule has 2 heteroatoms. The second kappa shape index (κ2) is 4.69. The van der Waals surface area contributed by atoms with Gasteiger partial charge in [-0.1, -0.05) is 27.7 Å². The first-order valence-electron chi connectivity index (χ1n) is 4.03. The topological polar surface area (TPSA) is 38.0 Å². The molecule has 10 heavy (non-hydrogen) atoms. The molecule has 0 aliphatic rings. The SMILES string of the molecule is CC(C)NCC(N)C(C)C. The van der Waals surface area contributed by atoms with Crippen molar-refractivity contribution in [2.24, 2.45) is 11.7 Å². The van der Waals surface area contributed by atoms with Gasteiger partial charge >= 0.3 is 0 Å². The van der Waals surface area contributed by atoms with Crippen LogP contribution in [0.25, 0.3) is 0 Å². The molecule has 0 fully saturated rings. The van der Waals surface area contributed by atoms with E-state index in [0.717, 1.165) is 6.54 Å². The summed E-state index contributed by atoms with van der Waals surface area (Å²) in [6, 6.07) is 0.840. The zero-order chi connectivity index (χ0) is 8.15. The van der Waals surface area contributed by atoms with Crippen molar-refractivity contribution in [2.75, 3.05) is 6.54 Å². The molecule has 0 aliphatic heterocycles. The molecule has 0 spiro atoms. The summed E-state index contributed by atoms with van der Waals surface area (Å²) in [5.74, 6) is 0.575. The zero-order valence-corrected chi connectivity index (χ0v) is 7.52. The van der Waals surface area contributed by atoms with Crippen molar-refractivity contribution in [1.29, 1.82) is 0 Å². The highest BCUT2D eigenvalue weighted by atomic mass is 14.9. The first-order chi connectivity index (χ1) is 4.54. The van der Waals surface area contributed by atoms with Crippen molar-refractivity contribution in [3.05, 3.63) is 0 Å². The van der Waals surface area contributed by atoms with Crippen LogP contribution in [0, 0.1) is 5.92 Å². The average molecular weight is 144 g/mol. The molecule has 1 atom stereocenters. The highest BCUT2D eigenvalue weighted by molar-refractivity contribution is 4.69. The van der Waals surface area contributed by atoms with E-state index in [1.807, 2.05) is 0 Å². The molecule has 3 N–H and O–H groups in total. The smallest absolute Gasteiger partial charge is 0.0188 e. The Bertz CT molecular complexity index is 79.3. The lowest BCUT2D eigenvalue weighted by Crippen LogP contribution is -2.40. The molecule has 0 aliphatic carbocycles. The van der Waals surface area contributed by atoms with E-state index in [4.69, 9.17) is 5.73 Å². The fourth-order valence-corrected chi connectivity index (χ4v) is 0.607. The Morgan fingerprint density at radius 1 is 1.20 bits per heavy atom. The Labute approximate surface area is 64.2 Å². The molecule has 0 radical (unpaired) electrons. The molecule has 0 bridgehead atoms. The van der Waals surface area contributed by atoms with Crippen molar-refractivity contribution < 1.29 is 0 Å². The number of rotatable bonds is 4. The molecule has 62 valence electrons. The molecule has 0 aromatic carbocycles. The van der Waals surface area contributed by atoms with Crippen molar-refractivity contribution in [3.63, 3.8) is 0 Å². The van der Waals surface area contributed by atoms with E-state index < -0.39 is 0 Å². The van der Waals surface area contributed by atoms with Crippen LogP contribution in [-0.2, 0) is 0 Å². The molecule has 0 aromatic rings. The van der Waals surface area contributed by atoms with Crippen LogP contribution in [0.3, 0.4) is 0 Å². The molecule has 2 nitrogen and oxygen atoms in total. The Hall–Kier alpha value is -0.0800. The van der Waals surface area contributed by atoms with Gasteiger partial charge < -0.3 is 11.1 Å². The van der Waals surface area contributed by atoms with Gasteiger partial charge in [-0.05, 0) is 5.92 Å². The number of nitrogens with two attached hydrogens (primary N) is 1. The normalized spacial score (nSPS) is 14.7. The van der Waals surface area contributed by atoms with E-state index in [-0.39, 0.29) is 0 Å². The molecule has 0 amide bonds. The number of hydrogen-bond acceptors (Lipinski definition) is 2. The van der Waals surface area contributed by atoms with Crippen LogP contribution in [0.1, 0.15) is 27.7 Å². The van der Waals surface area contributed by atoms with E-state index in [0.29, 0.717) is 18.0 Å². The van der Waals surface area contributed by atoms with Gasteiger partial charge in [0.25, 0.3) is 0 Å². The summed E-state index contributed by atoms with van der Waals surface area (Å²) in [7, 11) is 0. The first kappa shape index (κ1) is 9.92. The lowest BCUT2D eigenvalue weighted by Gasteiger charge is -2.17. The fraction of sp³-hybridized carbons (Fsp3) is 1.00. The Kier molecular flexibility index (Phi) is 4.65. The molecule has 0 heterocycles. The van der Waals surface area contributed by atoms with Gasteiger partial charge in [0.15, 0.2) is 0 Å². The first-order valence-corrected chi connectivity index (χ1v) is 4.03. The monoisotopic (exact) mass is 144 g/mol. The van der Waals surface area contributed by atoms with Gasteiger partial charge in [0.1, 0.15) is 0 Å². The highest BCUT2D eigenvalue weighted by Crippen LogP contribution is 1.96. The quantitative estimate of drug-likeness (QED) is 0.617. The van der Waals surface area contributed by atoms with E-state index in [1.54, 1.807) is 0 Å². The molecule has 0 saturated heterocycles. The van der Waals surface area contributed by atoms with Gasteiger partial charge in [-0.15, -0.1) is 0 Å². The van der Waals surface area contributed by atoms with Gasteiger partial charge in [0.2, 0.25) is 0 Å². The molecule has 0 aromatic heterocycles. The minimum absolute atomic E-state index is 0.294. The third-order valence-corrected chi connectivity index (χ3v) is 1.62. The average Bonchev–Trinajstić information content (AvgIpc) is 1.82. The van der Waals surface area contributed by atoms with Crippen LogP contribution >= 0.6 is 0 Å². The summed E-state index contributed by atoms with van der Waals surface area (Å²) in [5.41, 5.74) is 5.80. The summed E-state index contributed by atoms with van der Waals surface area (Å²) in [6.45, 7) is 9.48. The van der Waals surface area contributed by atoms with E-state index >= 15 is 0 Å². The van der Waals surface area contributed by atoms with Gasteiger partial charge in [0.05, 0.1) is 0 Å². The van der Waals surface area contributed by atoms with Crippen molar-refractivity contribution in [2.45, 2.75) is 39.8 Å². The van der Waals surface area contributed by atoms with Gasteiger partial charge in [0, 0.05) is 18.6 Å². The number of nitrogens with one attached hydrogen (secondary N) is 1. The third-order valence-electron chi connectivity index (χ3n) is 1.62. The van der Waals surface area contributed by atoms with Crippen LogP contribution in [0.4, 0.5) is 0 Å². The van der Waals surface area contributed by atoms with Gasteiger partial charge in [-0.25, -0.2) is 0 Å². The molecule has 1 unspecified atom stereocenters. The molecular weight excluding hydrogens is 124 g/mol. The number of hydrogen-bond donors (Lipinski definition) is 2. The summed E-state index contributed by atoms with van der Waals surface area (Å²) in [6.07, 6.45) is 0. The summed E-state index contributed by atoms with van der Waals surface area (Å²) in [5, 5.41) is 3.30. The maximum absolute atomic E-state index is 5.80. The van der Waals surface area contributed by atoms with E-state index in [2.05, 4.69) is 33.0 Å². The van der Waals surface area contributed by atoms with Gasteiger partial charge in [-0.3, -0.25) is 0 Å². The van der Waals surface area contributed by atoms with Crippen LogP contribution in [0.15, 0.2) is 0 Å². The Balaban J connectivity index is 3.30. The van der Waals surface area contributed by atoms with Crippen LogP contribution in [-0.4, -0.2) is 18.6 Å². The molecular formula is C8H20N2. The zero-order valence-electron chi connectivity index (χ0n) is 7.52. The predicted octanol–water partition coefficient (Wildman–Crippen LogP) is 0.968. The van der Waals surface area contributed by atoms with Crippen LogP contribution < -0.4 is 11.1 Å². The largest absolute Gasteiger partial charge is 0.326 e. The van der Waals surface area contributed by atoms with Crippen molar-refractivity contribution in [3.8, 4) is 0 Å². The molecule has 0 rings (SSSR count). The fourth-order valence-electron chi connectivity index (χ4n) is 0.607.